The molecule has 0 amide bonds. The van der Waals surface area contributed by atoms with Gasteiger partial charge in [-0.05, 0) is 43.9 Å². The monoisotopic (exact) mass is 170 g/mol. The molecule has 0 aromatic heterocycles. The van der Waals surface area contributed by atoms with Crippen LogP contribution < -0.4 is 0 Å². The van der Waals surface area contributed by atoms with Crippen LogP contribution in [0.25, 0.3) is 0 Å². The second-order valence-electron chi connectivity index (χ2n) is 4.33. The van der Waals surface area contributed by atoms with Crippen LogP contribution in [0, 0.1) is 5.41 Å². The minimum atomic E-state index is 0.325. The lowest BCUT2D eigenvalue weighted by molar-refractivity contribution is 0.0904. The summed E-state index contributed by atoms with van der Waals surface area (Å²) in [7, 11) is 0. The first kappa shape index (κ1) is 8.52. The highest BCUT2D eigenvalue weighted by Crippen LogP contribution is 2.49. The van der Waals surface area contributed by atoms with E-state index in [0.717, 1.165) is 6.61 Å². The number of hydrogen-bond donors (Lipinski definition) is 1. The van der Waals surface area contributed by atoms with Crippen molar-refractivity contribution in [1.29, 1.82) is 0 Å². The van der Waals surface area contributed by atoms with Gasteiger partial charge in [-0.1, -0.05) is 0 Å². The Hall–Kier alpha value is -0.0800. The van der Waals surface area contributed by atoms with Gasteiger partial charge in [-0.25, -0.2) is 0 Å². The summed E-state index contributed by atoms with van der Waals surface area (Å²) in [6, 6.07) is 0. The SMILES string of the molecule is OCC1(CCC2CCCO2)CC1. The molecule has 1 saturated carbocycles. The van der Waals surface area contributed by atoms with Gasteiger partial charge in [0, 0.05) is 13.2 Å². The van der Waals surface area contributed by atoms with Crippen LogP contribution >= 0.6 is 0 Å². The maximum atomic E-state index is 9.09. The van der Waals surface area contributed by atoms with E-state index in [2.05, 4.69) is 0 Å². The van der Waals surface area contributed by atoms with Crippen LogP contribution in [0.5, 0.6) is 0 Å². The number of ether oxygens (including phenoxy) is 1. The molecule has 2 heteroatoms. The van der Waals surface area contributed by atoms with E-state index in [-0.39, 0.29) is 0 Å². The van der Waals surface area contributed by atoms with Crippen molar-refractivity contribution in [1.82, 2.24) is 0 Å². The summed E-state index contributed by atoms with van der Waals surface area (Å²) in [6.45, 7) is 1.34. The molecule has 1 N–H and O–H groups in total. The molecule has 1 aliphatic carbocycles. The predicted octanol–water partition coefficient (Wildman–Crippen LogP) is 1.72. The fourth-order valence-corrected chi connectivity index (χ4v) is 2.00. The van der Waals surface area contributed by atoms with Crippen LogP contribution in [0.4, 0.5) is 0 Å². The van der Waals surface area contributed by atoms with E-state index in [4.69, 9.17) is 9.84 Å². The Kier molecular flexibility index (Phi) is 2.37. The first-order valence-corrected chi connectivity index (χ1v) is 5.07. The van der Waals surface area contributed by atoms with Crippen molar-refractivity contribution in [2.75, 3.05) is 13.2 Å². The molecule has 0 aromatic rings. The third kappa shape index (κ3) is 1.80. The van der Waals surface area contributed by atoms with Crippen LogP contribution in [-0.4, -0.2) is 24.4 Å². The Labute approximate surface area is 73.9 Å². The van der Waals surface area contributed by atoms with Gasteiger partial charge in [-0.2, -0.15) is 0 Å². The molecule has 0 bridgehead atoms. The van der Waals surface area contributed by atoms with Crippen molar-refractivity contribution in [2.24, 2.45) is 5.41 Å². The quantitative estimate of drug-likeness (QED) is 0.696. The second kappa shape index (κ2) is 3.35. The van der Waals surface area contributed by atoms with E-state index in [9.17, 15) is 0 Å². The highest BCUT2D eigenvalue weighted by atomic mass is 16.5. The minimum absolute atomic E-state index is 0.325. The minimum Gasteiger partial charge on any atom is -0.396 e. The first-order chi connectivity index (χ1) is 5.85. The Bertz CT molecular complexity index is 146. The summed E-state index contributed by atoms with van der Waals surface area (Å²) in [5, 5.41) is 9.09. The maximum absolute atomic E-state index is 9.09. The second-order valence-corrected chi connectivity index (χ2v) is 4.33. The van der Waals surface area contributed by atoms with Gasteiger partial charge in [0.25, 0.3) is 0 Å². The summed E-state index contributed by atoms with van der Waals surface area (Å²) < 4.78 is 5.54. The molecule has 1 atom stereocenters. The molecule has 2 fully saturated rings. The van der Waals surface area contributed by atoms with Gasteiger partial charge in [0.2, 0.25) is 0 Å². The molecule has 2 rings (SSSR count). The standard InChI is InChI=1S/C10H18O2/c11-8-10(5-6-10)4-3-9-2-1-7-12-9/h9,11H,1-8H2. The van der Waals surface area contributed by atoms with Crippen molar-refractivity contribution in [3.8, 4) is 0 Å². The zero-order valence-electron chi connectivity index (χ0n) is 7.59. The molecular weight excluding hydrogens is 152 g/mol. The van der Waals surface area contributed by atoms with E-state index in [1.165, 1.54) is 38.5 Å². The lowest BCUT2D eigenvalue weighted by Gasteiger charge is -2.14. The molecule has 0 spiro atoms. The summed E-state index contributed by atoms with van der Waals surface area (Å²) in [5.74, 6) is 0. The van der Waals surface area contributed by atoms with Crippen LogP contribution in [0.2, 0.25) is 0 Å². The van der Waals surface area contributed by atoms with Crippen molar-refractivity contribution in [2.45, 2.75) is 44.6 Å². The first-order valence-electron chi connectivity index (χ1n) is 5.07. The lowest BCUT2D eigenvalue weighted by atomic mass is 9.98. The van der Waals surface area contributed by atoms with Gasteiger partial charge in [0.1, 0.15) is 0 Å². The van der Waals surface area contributed by atoms with E-state index in [1.807, 2.05) is 0 Å². The maximum Gasteiger partial charge on any atom is 0.0576 e. The van der Waals surface area contributed by atoms with Gasteiger partial charge in [-0.15, -0.1) is 0 Å². The molecule has 1 saturated heterocycles. The van der Waals surface area contributed by atoms with Crippen LogP contribution in [0.3, 0.4) is 0 Å². The Morgan fingerprint density at radius 2 is 2.25 bits per heavy atom. The largest absolute Gasteiger partial charge is 0.396 e. The molecule has 70 valence electrons. The van der Waals surface area contributed by atoms with Gasteiger partial charge in [0.15, 0.2) is 0 Å². The fourth-order valence-electron chi connectivity index (χ4n) is 2.00. The summed E-state index contributed by atoms with van der Waals surface area (Å²) in [4.78, 5) is 0. The average molecular weight is 170 g/mol. The van der Waals surface area contributed by atoms with E-state index >= 15 is 0 Å². The topological polar surface area (TPSA) is 29.5 Å². The molecule has 1 heterocycles. The Morgan fingerprint density at radius 1 is 1.42 bits per heavy atom. The number of aliphatic hydroxyl groups is 1. The van der Waals surface area contributed by atoms with Crippen molar-refractivity contribution < 1.29 is 9.84 Å². The Morgan fingerprint density at radius 3 is 2.75 bits per heavy atom. The van der Waals surface area contributed by atoms with Gasteiger partial charge >= 0.3 is 0 Å². The van der Waals surface area contributed by atoms with Gasteiger partial charge in [0.05, 0.1) is 6.10 Å². The van der Waals surface area contributed by atoms with Crippen molar-refractivity contribution >= 4 is 0 Å². The van der Waals surface area contributed by atoms with E-state index in [0.29, 0.717) is 18.1 Å². The molecule has 0 radical (unpaired) electrons. The van der Waals surface area contributed by atoms with Crippen molar-refractivity contribution in [3.63, 3.8) is 0 Å². The highest BCUT2D eigenvalue weighted by Gasteiger charge is 2.41. The summed E-state index contributed by atoms with van der Waals surface area (Å²) in [6.07, 6.45) is 7.79. The molecule has 1 aliphatic heterocycles. The van der Waals surface area contributed by atoms with Crippen LogP contribution in [0.1, 0.15) is 38.5 Å². The van der Waals surface area contributed by atoms with Crippen LogP contribution in [0.15, 0.2) is 0 Å². The van der Waals surface area contributed by atoms with Gasteiger partial charge in [-0.3, -0.25) is 0 Å². The molecule has 2 nitrogen and oxygen atoms in total. The summed E-state index contributed by atoms with van der Waals surface area (Å²) in [5.41, 5.74) is 0.325. The average Bonchev–Trinajstić information content (AvgIpc) is 2.70. The lowest BCUT2D eigenvalue weighted by Crippen LogP contribution is -2.12. The van der Waals surface area contributed by atoms with Gasteiger partial charge < -0.3 is 9.84 Å². The predicted molar refractivity (Wildman–Crippen MR) is 47.0 cm³/mol. The number of hydrogen-bond acceptors (Lipinski definition) is 2. The molecular formula is C10H18O2. The smallest absolute Gasteiger partial charge is 0.0576 e. The Balaban J connectivity index is 1.67. The summed E-state index contributed by atoms with van der Waals surface area (Å²) >= 11 is 0. The fraction of sp³-hybridized carbons (Fsp3) is 1.00. The third-order valence-corrected chi connectivity index (χ3v) is 3.31. The normalized spacial score (nSPS) is 32.2. The third-order valence-electron chi connectivity index (χ3n) is 3.31. The molecule has 12 heavy (non-hydrogen) atoms. The molecule has 0 aromatic carbocycles. The van der Waals surface area contributed by atoms with Crippen LogP contribution in [-0.2, 0) is 4.74 Å². The molecule has 1 unspecified atom stereocenters. The number of rotatable bonds is 4. The van der Waals surface area contributed by atoms with Crippen molar-refractivity contribution in [3.05, 3.63) is 0 Å². The molecule has 2 aliphatic rings. The zero-order chi connectivity index (χ0) is 8.44. The number of aliphatic hydroxyl groups excluding tert-OH is 1. The highest BCUT2D eigenvalue weighted by molar-refractivity contribution is 4.92. The van der Waals surface area contributed by atoms with E-state index < -0.39 is 0 Å². The van der Waals surface area contributed by atoms with E-state index in [1.54, 1.807) is 0 Å². The zero-order valence-corrected chi connectivity index (χ0v) is 7.59.